The molecule has 1 aliphatic carbocycles. The predicted molar refractivity (Wildman–Crippen MR) is 265 cm³/mol. The van der Waals surface area contributed by atoms with Crippen LogP contribution in [0.4, 0.5) is 0 Å². The molecule has 9 aromatic carbocycles. The molecule has 2 heterocycles. The standard InChI is InChI=1S/C60H40N2S/c1-60(47-20-9-4-10-21-47)53-26-13-11-22-49(53)52-37-43(32-33-54(52)60)45-34-44(39-16-5-2-6-17-39)35-46(36-45)56-38-55(61-59(62-56)42-18-7-3-8-19-42)41-30-28-40(29-31-41)48-24-15-25-51-50-23-12-14-27-57(50)63-58(48)51/h2-38H,1H3. The van der Waals surface area contributed by atoms with Gasteiger partial charge in [0.05, 0.1) is 11.4 Å². The molecule has 0 amide bonds. The molecule has 0 bridgehead atoms. The predicted octanol–water partition coefficient (Wildman–Crippen LogP) is 16.2. The number of fused-ring (bicyclic) bond motifs is 6. The highest BCUT2D eigenvalue weighted by Gasteiger charge is 2.40. The van der Waals surface area contributed by atoms with Crippen LogP contribution in [0, 0.1) is 0 Å². The minimum Gasteiger partial charge on any atom is -0.228 e. The third-order valence-corrected chi connectivity index (χ3v) is 14.2. The highest BCUT2D eigenvalue weighted by Crippen LogP contribution is 2.53. The van der Waals surface area contributed by atoms with Crippen molar-refractivity contribution in [3.8, 4) is 78.4 Å². The molecule has 12 rings (SSSR count). The summed E-state index contributed by atoms with van der Waals surface area (Å²) in [4.78, 5) is 10.6. The summed E-state index contributed by atoms with van der Waals surface area (Å²) in [7, 11) is 0. The molecule has 2 nitrogen and oxygen atoms in total. The van der Waals surface area contributed by atoms with Crippen LogP contribution in [0.2, 0.25) is 0 Å². The Morgan fingerprint density at radius 1 is 0.349 bits per heavy atom. The monoisotopic (exact) mass is 820 g/mol. The van der Waals surface area contributed by atoms with E-state index in [1.807, 2.05) is 17.4 Å². The minimum atomic E-state index is -0.252. The van der Waals surface area contributed by atoms with Crippen molar-refractivity contribution < 1.29 is 0 Å². The Morgan fingerprint density at radius 2 is 0.905 bits per heavy atom. The van der Waals surface area contributed by atoms with Gasteiger partial charge >= 0.3 is 0 Å². The van der Waals surface area contributed by atoms with Crippen LogP contribution >= 0.6 is 11.3 Å². The molecule has 0 saturated carbocycles. The van der Waals surface area contributed by atoms with Gasteiger partial charge in [0.1, 0.15) is 0 Å². The Balaban J connectivity index is 0.999. The van der Waals surface area contributed by atoms with Crippen molar-refractivity contribution in [3.63, 3.8) is 0 Å². The van der Waals surface area contributed by atoms with Gasteiger partial charge in [0.2, 0.25) is 0 Å². The van der Waals surface area contributed by atoms with E-state index in [0.717, 1.165) is 44.8 Å². The van der Waals surface area contributed by atoms with Gasteiger partial charge in [-0.15, -0.1) is 11.3 Å². The largest absolute Gasteiger partial charge is 0.228 e. The maximum absolute atomic E-state index is 5.32. The second-order valence-electron chi connectivity index (χ2n) is 16.6. The molecule has 0 fully saturated rings. The van der Waals surface area contributed by atoms with Crippen molar-refractivity contribution in [1.82, 2.24) is 9.97 Å². The van der Waals surface area contributed by atoms with Gasteiger partial charge < -0.3 is 0 Å². The topological polar surface area (TPSA) is 25.8 Å². The smallest absolute Gasteiger partial charge is 0.160 e. The lowest BCUT2D eigenvalue weighted by Crippen LogP contribution is -2.22. The lowest BCUT2D eigenvalue weighted by Gasteiger charge is -2.28. The van der Waals surface area contributed by atoms with Crippen molar-refractivity contribution in [2.75, 3.05) is 0 Å². The van der Waals surface area contributed by atoms with Crippen LogP contribution in [-0.4, -0.2) is 9.97 Å². The molecule has 1 atom stereocenters. The van der Waals surface area contributed by atoms with Crippen molar-refractivity contribution in [2.24, 2.45) is 0 Å². The number of hydrogen-bond acceptors (Lipinski definition) is 3. The van der Waals surface area contributed by atoms with E-state index in [1.54, 1.807) is 0 Å². The third-order valence-electron chi connectivity index (χ3n) is 13.0. The van der Waals surface area contributed by atoms with Crippen LogP contribution in [-0.2, 0) is 5.41 Å². The van der Waals surface area contributed by atoms with E-state index >= 15 is 0 Å². The Labute approximate surface area is 371 Å². The molecular weight excluding hydrogens is 781 g/mol. The average molecular weight is 821 g/mol. The third kappa shape index (κ3) is 6.31. The zero-order valence-corrected chi connectivity index (χ0v) is 35.5. The maximum Gasteiger partial charge on any atom is 0.160 e. The molecule has 2 aromatic heterocycles. The lowest BCUT2D eigenvalue weighted by molar-refractivity contribution is 0.714. The number of rotatable bonds is 7. The summed E-state index contributed by atoms with van der Waals surface area (Å²) in [6.45, 7) is 2.37. The van der Waals surface area contributed by atoms with Gasteiger partial charge in [-0.25, -0.2) is 9.97 Å². The van der Waals surface area contributed by atoms with Gasteiger partial charge in [-0.1, -0.05) is 188 Å². The molecule has 1 aliphatic rings. The van der Waals surface area contributed by atoms with Gasteiger partial charge in [0.25, 0.3) is 0 Å². The zero-order chi connectivity index (χ0) is 41.9. The van der Waals surface area contributed by atoms with Crippen molar-refractivity contribution >= 4 is 31.5 Å². The first-order chi connectivity index (χ1) is 31.1. The summed E-state index contributed by atoms with van der Waals surface area (Å²) in [6, 6.07) is 81.2. The van der Waals surface area contributed by atoms with Gasteiger partial charge in [-0.05, 0) is 105 Å². The fraction of sp³-hybridized carbons (Fsp3) is 0.0333. The van der Waals surface area contributed by atoms with E-state index in [2.05, 4.69) is 225 Å². The summed E-state index contributed by atoms with van der Waals surface area (Å²) in [6.07, 6.45) is 0. The lowest BCUT2D eigenvalue weighted by atomic mass is 9.74. The number of thiophene rings is 1. The van der Waals surface area contributed by atoms with Gasteiger partial charge in [0.15, 0.2) is 5.82 Å². The fourth-order valence-corrected chi connectivity index (χ4v) is 11.0. The Bertz CT molecular complexity index is 3500. The van der Waals surface area contributed by atoms with Gasteiger partial charge in [-0.2, -0.15) is 0 Å². The molecule has 11 aromatic rings. The average Bonchev–Trinajstić information content (AvgIpc) is 3.87. The summed E-state index contributed by atoms with van der Waals surface area (Å²) in [5, 5.41) is 2.61. The van der Waals surface area contributed by atoms with E-state index in [0.29, 0.717) is 5.82 Å². The summed E-state index contributed by atoms with van der Waals surface area (Å²) in [5.41, 5.74) is 18.2. The van der Waals surface area contributed by atoms with Crippen molar-refractivity contribution in [3.05, 3.63) is 241 Å². The molecular formula is C60H40N2S. The van der Waals surface area contributed by atoms with Crippen molar-refractivity contribution in [1.29, 1.82) is 0 Å². The first-order valence-corrected chi connectivity index (χ1v) is 22.4. The molecule has 0 aliphatic heterocycles. The SMILES string of the molecule is CC1(c2ccccc2)c2ccccc2-c2cc(-c3cc(-c4ccccc4)cc(-c4cc(-c5ccc(-c6cccc7c6sc6ccccc67)cc5)nc(-c5ccccc5)n4)c3)ccc21. The Kier molecular flexibility index (Phi) is 8.84. The minimum absolute atomic E-state index is 0.252. The van der Waals surface area contributed by atoms with Crippen LogP contribution in [0.5, 0.6) is 0 Å². The maximum atomic E-state index is 5.32. The highest BCUT2D eigenvalue weighted by atomic mass is 32.1. The fourth-order valence-electron chi connectivity index (χ4n) is 9.76. The van der Waals surface area contributed by atoms with E-state index in [1.165, 1.54) is 64.7 Å². The Hall–Kier alpha value is -7.72. The van der Waals surface area contributed by atoms with Crippen LogP contribution in [0.1, 0.15) is 23.6 Å². The van der Waals surface area contributed by atoms with Crippen LogP contribution in [0.15, 0.2) is 224 Å². The second-order valence-corrected chi connectivity index (χ2v) is 17.7. The number of benzene rings is 9. The number of hydrogen-bond donors (Lipinski definition) is 0. The van der Waals surface area contributed by atoms with Crippen LogP contribution < -0.4 is 0 Å². The number of aromatic nitrogens is 2. The number of nitrogens with zero attached hydrogens (tertiary/aromatic N) is 2. The van der Waals surface area contributed by atoms with Gasteiger partial charge in [0, 0.05) is 42.3 Å². The first-order valence-electron chi connectivity index (χ1n) is 21.6. The zero-order valence-electron chi connectivity index (χ0n) is 34.7. The normalized spacial score (nSPS) is 14.2. The summed E-state index contributed by atoms with van der Waals surface area (Å²) < 4.78 is 2.62. The molecule has 0 spiro atoms. The molecule has 0 saturated heterocycles. The molecule has 63 heavy (non-hydrogen) atoms. The second kappa shape index (κ2) is 15.0. The van der Waals surface area contributed by atoms with E-state index in [9.17, 15) is 0 Å². The first kappa shape index (κ1) is 37.1. The molecule has 1 unspecified atom stereocenters. The van der Waals surface area contributed by atoms with E-state index in [-0.39, 0.29) is 5.41 Å². The molecule has 0 N–H and O–H groups in total. The molecule has 296 valence electrons. The highest BCUT2D eigenvalue weighted by molar-refractivity contribution is 7.26. The van der Waals surface area contributed by atoms with E-state index < -0.39 is 0 Å². The van der Waals surface area contributed by atoms with Crippen LogP contribution in [0.3, 0.4) is 0 Å². The quantitative estimate of drug-likeness (QED) is 0.160. The molecule has 0 radical (unpaired) electrons. The Morgan fingerprint density at radius 3 is 1.68 bits per heavy atom. The van der Waals surface area contributed by atoms with Gasteiger partial charge in [-0.3, -0.25) is 0 Å². The van der Waals surface area contributed by atoms with Crippen molar-refractivity contribution in [2.45, 2.75) is 12.3 Å². The summed E-state index contributed by atoms with van der Waals surface area (Å²) in [5.74, 6) is 0.697. The summed E-state index contributed by atoms with van der Waals surface area (Å²) >= 11 is 1.86. The molecule has 3 heteroatoms. The van der Waals surface area contributed by atoms with E-state index in [4.69, 9.17) is 9.97 Å². The van der Waals surface area contributed by atoms with Crippen LogP contribution in [0.25, 0.3) is 98.6 Å².